The third-order valence-corrected chi connectivity index (χ3v) is 5.09. The first-order valence-electron chi connectivity index (χ1n) is 9.00. The van der Waals surface area contributed by atoms with Crippen LogP contribution in [0.2, 0.25) is 5.02 Å². The Bertz CT molecular complexity index is 988. The van der Waals surface area contributed by atoms with E-state index < -0.39 is 5.82 Å². The molecule has 0 spiro atoms. The maximum atomic E-state index is 13.4. The Morgan fingerprint density at radius 3 is 2.39 bits per heavy atom. The van der Waals surface area contributed by atoms with Crippen LogP contribution in [0.5, 0.6) is 0 Å². The Morgan fingerprint density at radius 1 is 0.929 bits per heavy atom. The Hall–Kier alpha value is -2.99. The predicted octanol–water partition coefficient (Wildman–Crippen LogP) is 3.90. The molecule has 0 aliphatic carbocycles. The maximum absolute atomic E-state index is 13.4. The normalized spacial score (nSPS) is 14.2. The first kappa shape index (κ1) is 18.4. The zero-order valence-electron chi connectivity index (χ0n) is 15.1. The minimum atomic E-state index is -0.404. The van der Waals surface area contributed by atoms with Crippen LogP contribution in [0.1, 0.15) is 10.4 Å². The fraction of sp³-hybridized carbons (Fsp3) is 0.190. The number of anilines is 1. The van der Waals surface area contributed by atoms with Gasteiger partial charge in [-0.3, -0.25) is 4.79 Å². The van der Waals surface area contributed by atoms with Crippen LogP contribution in [0.3, 0.4) is 0 Å². The highest BCUT2D eigenvalue weighted by molar-refractivity contribution is 6.33. The Morgan fingerprint density at radius 2 is 1.71 bits per heavy atom. The van der Waals surface area contributed by atoms with Crippen molar-refractivity contribution in [3.05, 3.63) is 77.1 Å². The zero-order valence-corrected chi connectivity index (χ0v) is 15.8. The number of hydrogen-bond donors (Lipinski definition) is 0. The summed E-state index contributed by atoms with van der Waals surface area (Å²) in [6.07, 6.45) is 0. The van der Waals surface area contributed by atoms with E-state index in [-0.39, 0.29) is 5.91 Å². The van der Waals surface area contributed by atoms with Gasteiger partial charge in [-0.15, -0.1) is 10.2 Å². The van der Waals surface area contributed by atoms with E-state index in [1.807, 2.05) is 36.4 Å². The van der Waals surface area contributed by atoms with Crippen LogP contribution in [0, 0.1) is 5.82 Å². The Balaban J connectivity index is 1.41. The number of halogens is 2. The molecule has 28 heavy (non-hydrogen) atoms. The molecule has 142 valence electrons. The van der Waals surface area contributed by atoms with Gasteiger partial charge in [-0.2, -0.15) is 0 Å². The van der Waals surface area contributed by atoms with Crippen molar-refractivity contribution in [3.63, 3.8) is 0 Å². The minimum Gasteiger partial charge on any atom is -0.352 e. The zero-order chi connectivity index (χ0) is 19.5. The molecule has 0 saturated carbocycles. The van der Waals surface area contributed by atoms with Crippen molar-refractivity contribution in [2.45, 2.75) is 0 Å². The second-order valence-corrected chi connectivity index (χ2v) is 6.95. The third-order valence-electron chi connectivity index (χ3n) is 4.76. The van der Waals surface area contributed by atoms with E-state index in [4.69, 9.17) is 11.6 Å². The first-order chi connectivity index (χ1) is 13.6. The highest BCUT2D eigenvalue weighted by atomic mass is 35.5. The van der Waals surface area contributed by atoms with Crippen LogP contribution in [0.15, 0.2) is 60.7 Å². The molecule has 1 aromatic heterocycles. The summed E-state index contributed by atoms with van der Waals surface area (Å²) in [6, 6.07) is 17.1. The van der Waals surface area contributed by atoms with E-state index in [1.54, 1.807) is 17.0 Å². The molecule has 1 fully saturated rings. The largest absolute Gasteiger partial charge is 0.352 e. The molecule has 0 bridgehead atoms. The molecule has 4 rings (SSSR count). The summed E-state index contributed by atoms with van der Waals surface area (Å²) >= 11 is 6.21. The van der Waals surface area contributed by atoms with Gasteiger partial charge >= 0.3 is 0 Å². The van der Waals surface area contributed by atoms with Crippen LogP contribution in [0.4, 0.5) is 10.2 Å². The van der Waals surface area contributed by atoms with E-state index in [1.165, 1.54) is 12.1 Å². The van der Waals surface area contributed by atoms with Gasteiger partial charge in [-0.05, 0) is 36.4 Å². The fourth-order valence-corrected chi connectivity index (χ4v) is 3.48. The van der Waals surface area contributed by atoms with Crippen molar-refractivity contribution >= 4 is 23.3 Å². The van der Waals surface area contributed by atoms with Gasteiger partial charge in [0.15, 0.2) is 5.82 Å². The summed E-state index contributed by atoms with van der Waals surface area (Å²) < 4.78 is 13.4. The molecule has 2 aromatic carbocycles. The van der Waals surface area contributed by atoms with Crippen LogP contribution in [0.25, 0.3) is 11.3 Å². The first-order valence-corrected chi connectivity index (χ1v) is 9.38. The number of amides is 1. The lowest BCUT2D eigenvalue weighted by molar-refractivity contribution is 0.0746. The average molecular weight is 397 g/mol. The summed E-state index contributed by atoms with van der Waals surface area (Å²) in [5.41, 5.74) is 1.93. The molecule has 5 nitrogen and oxygen atoms in total. The third kappa shape index (κ3) is 3.82. The van der Waals surface area contributed by atoms with Crippen molar-refractivity contribution in [2.24, 2.45) is 0 Å². The number of hydrogen-bond acceptors (Lipinski definition) is 4. The molecular formula is C21H18ClFN4O. The topological polar surface area (TPSA) is 49.3 Å². The summed E-state index contributed by atoms with van der Waals surface area (Å²) in [6.45, 7) is 2.37. The monoisotopic (exact) mass is 396 g/mol. The lowest BCUT2D eigenvalue weighted by atomic mass is 10.1. The van der Waals surface area contributed by atoms with Gasteiger partial charge in [-0.1, -0.05) is 35.9 Å². The van der Waals surface area contributed by atoms with E-state index >= 15 is 0 Å². The maximum Gasteiger partial charge on any atom is 0.254 e. The molecular weight excluding hydrogens is 379 g/mol. The smallest absolute Gasteiger partial charge is 0.254 e. The van der Waals surface area contributed by atoms with Crippen molar-refractivity contribution < 1.29 is 9.18 Å². The number of benzene rings is 2. The number of nitrogens with zero attached hydrogens (tertiary/aromatic N) is 4. The van der Waals surface area contributed by atoms with Crippen LogP contribution in [-0.2, 0) is 0 Å². The molecule has 0 unspecified atom stereocenters. The summed E-state index contributed by atoms with van der Waals surface area (Å²) in [5.74, 6) is 0.200. The van der Waals surface area contributed by atoms with E-state index in [0.29, 0.717) is 42.5 Å². The van der Waals surface area contributed by atoms with Crippen molar-refractivity contribution in [1.82, 2.24) is 15.1 Å². The average Bonchev–Trinajstić information content (AvgIpc) is 2.74. The summed E-state index contributed by atoms with van der Waals surface area (Å²) in [5, 5.41) is 9.26. The van der Waals surface area contributed by atoms with Crippen LogP contribution < -0.4 is 4.90 Å². The van der Waals surface area contributed by atoms with E-state index in [9.17, 15) is 9.18 Å². The number of rotatable bonds is 3. The van der Waals surface area contributed by atoms with Crippen LogP contribution >= 0.6 is 11.6 Å². The van der Waals surface area contributed by atoms with E-state index in [0.717, 1.165) is 11.4 Å². The lowest BCUT2D eigenvalue weighted by Gasteiger charge is -2.35. The summed E-state index contributed by atoms with van der Waals surface area (Å²) in [4.78, 5) is 16.3. The fourth-order valence-electron chi connectivity index (χ4n) is 3.25. The van der Waals surface area contributed by atoms with Gasteiger partial charge in [0, 0.05) is 37.3 Å². The van der Waals surface area contributed by atoms with Crippen molar-refractivity contribution in [2.75, 3.05) is 31.1 Å². The number of piperazine rings is 1. The standard InChI is InChI=1S/C21H18ClFN4O/c22-18-7-2-1-6-17(18)19-8-9-20(25-24-19)26-10-12-27(13-11-26)21(28)15-4-3-5-16(23)14-15/h1-9,14H,10-13H2. The molecule has 7 heteroatoms. The van der Waals surface area contributed by atoms with Gasteiger partial charge in [0.2, 0.25) is 0 Å². The molecule has 2 heterocycles. The molecule has 3 aromatic rings. The number of carbonyl (C=O) groups excluding carboxylic acids is 1. The quantitative estimate of drug-likeness (QED) is 0.673. The molecule has 0 radical (unpaired) electrons. The molecule has 1 aliphatic heterocycles. The van der Waals surface area contributed by atoms with Gasteiger partial charge < -0.3 is 9.80 Å². The summed E-state index contributed by atoms with van der Waals surface area (Å²) in [7, 11) is 0. The molecule has 1 aliphatic rings. The second kappa shape index (κ2) is 7.94. The van der Waals surface area contributed by atoms with Crippen molar-refractivity contribution in [3.8, 4) is 11.3 Å². The van der Waals surface area contributed by atoms with E-state index in [2.05, 4.69) is 15.1 Å². The number of aromatic nitrogens is 2. The second-order valence-electron chi connectivity index (χ2n) is 6.55. The Kier molecular flexibility index (Phi) is 5.21. The highest BCUT2D eigenvalue weighted by Crippen LogP contribution is 2.26. The van der Waals surface area contributed by atoms with Gasteiger partial charge in [0.25, 0.3) is 5.91 Å². The van der Waals surface area contributed by atoms with Gasteiger partial charge in [0.1, 0.15) is 5.82 Å². The lowest BCUT2D eigenvalue weighted by Crippen LogP contribution is -2.49. The molecule has 1 amide bonds. The van der Waals surface area contributed by atoms with Gasteiger partial charge in [0.05, 0.1) is 10.7 Å². The Labute approximate surface area is 167 Å². The molecule has 0 N–H and O–H groups in total. The minimum absolute atomic E-state index is 0.153. The van der Waals surface area contributed by atoms with Crippen molar-refractivity contribution in [1.29, 1.82) is 0 Å². The highest BCUT2D eigenvalue weighted by Gasteiger charge is 2.23. The SMILES string of the molecule is O=C(c1cccc(F)c1)N1CCN(c2ccc(-c3ccccc3Cl)nn2)CC1. The van der Waals surface area contributed by atoms with Gasteiger partial charge in [-0.25, -0.2) is 4.39 Å². The molecule has 0 atom stereocenters. The predicted molar refractivity (Wildman–Crippen MR) is 107 cm³/mol. The van der Waals surface area contributed by atoms with Crippen LogP contribution in [-0.4, -0.2) is 47.2 Å². The molecule has 1 saturated heterocycles. The number of carbonyl (C=O) groups is 1.